The molecule has 0 N–H and O–H groups in total. The molecule has 2 aliphatic carbocycles. The molecule has 2 saturated heterocycles. The molecule has 0 unspecified atom stereocenters. The zero-order valence-corrected chi connectivity index (χ0v) is 14.1. The second kappa shape index (κ2) is 4.75. The number of furan rings is 1. The lowest BCUT2D eigenvalue weighted by molar-refractivity contribution is -0.330. The van der Waals surface area contributed by atoms with Gasteiger partial charge in [-0.15, -0.1) is 0 Å². The first-order chi connectivity index (χ1) is 11.6. The number of carbonyl (C=O) groups is 1. The van der Waals surface area contributed by atoms with Gasteiger partial charge in [-0.25, -0.2) is 0 Å². The van der Waals surface area contributed by atoms with Crippen LogP contribution in [-0.2, 0) is 14.3 Å². The molecule has 4 fully saturated rings. The van der Waals surface area contributed by atoms with Crippen molar-refractivity contribution in [2.45, 2.75) is 57.8 Å². The molecule has 1 aromatic rings. The third-order valence-corrected chi connectivity index (χ3v) is 7.39. The van der Waals surface area contributed by atoms with Crippen molar-refractivity contribution in [1.82, 2.24) is 0 Å². The van der Waals surface area contributed by atoms with Gasteiger partial charge in [0.1, 0.15) is 0 Å². The summed E-state index contributed by atoms with van der Waals surface area (Å²) in [4.78, 5) is 12.8. The van der Waals surface area contributed by atoms with Crippen molar-refractivity contribution in [3.63, 3.8) is 0 Å². The van der Waals surface area contributed by atoms with Crippen LogP contribution in [0.3, 0.4) is 0 Å². The monoisotopic (exact) mass is 328 g/mol. The highest BCUT2D eigenvalue weighted by Gasteiger charge is 2.69. The number of carbonyl (C=O) groups excluding carboxylic acids is 1. The van der Waals surface area contributed by atoms with Crippen molar-refractivity contribution in [2.75, 3.05) is 0 Å². The fraction of sp³-hybridized carbons (Fsp3) is 0.650. The minimum atomic E-state index is -0.445. The molecule has 6 atom stereocenters. The second-order valence-corrected chi connectivity index (χ2v) is 8.34. The van der Waals surface area contributed by atoms with E-state index < -0.39 is 6.29 Å². The summed E-state index contributed by atoms with van der Waals surface area (Å²) < 4.78 is 17.5. The van der Waals surface area contributed by atoms with Gasteiger partial charge in [0.25, 0.3) is 0 Å². The summed E-state index contributed by atoms with van der Waals surface area (Å²) in [5, 5.41) is 0. The molecule has 2 saturated carbocycles. The van der Waals surface area contributed by atoms with Gasteiger partial charge >= 0.3 is 5.97 Å². The molecule has 0 radical (unpaired) electrons. The average Bonchev–Trinajstić information content (AvgIpc) is 3.09. The topological polar surface area (TPSA) is 48.7 Å². The predicted octanol–water partition coefficient (Wildman–Crippen LogP) is 4.38. The Balaban J connectivity index is 1.61. The van der Waals surface area contributed by atoms with Gasteiger partial charge in [0.05, 0.1) is 24.0 Å². The standard InChI is InChI=1S/C20H24O4/c1-12-4-5-16-19(2)7-3-8-20(16)14(12)10-15(13-6-9-22-11-13)23-18(20)24-17(19)21/h6,9,11,14-16,18H,1,3-5,7-8,10H2,2H3/t14-,15-,16-,18-,19-,20-/m0/s1. The lowest BCUT2D eigenvalue weighted by Crippen LogP contribution is -2.67. The van der Waals surface area contributed by atoms with Crippen molar-refractivity contribution in [3.05, 3.63) is 36.3 Å². The van der Waals surface area contributed by atoms with Gasteiger partial charge in [-0.1, -0.05) is 18.6 Å². The molecule has 1 spiro atoms. The molecule has 4 aliphatic rings. The van der Waals surface area contributed by atoms with Crippen LogP contribution in [0.5, 0.6) is 0 Å². The summed E-state index contributed by atoms with van der Waals surface area (Å²) in [7, 11) is 0. The van der Waals surface area contributed by atoms with E-state index >= 15 is 0 Å². The number of ether oxygens (including phenoxy) is 2. The minimum Gasteiger partial charge on any atom is -0.472 e. The zero-order valence-electron chi connectivity index (χ0n) is 14.1. The van der Waals surface area contributed by atoms with E-state index in [-0.39, 0.29) is 22.9 Å². The van der Waals surface area contributed by atoms with Crippen molar-refractivity contribution in [3.8, 4) is 0 Å². The summed E-state index contributed by atoms with van der Waals surface area (Å²) in [6, 6.07) is 1.95. The Morgan fingerprint density at radius 2 is 2.21 bits per heavy atom. The van der Waals surface area contributed by atoms with E-state index in [9.17, 15) is 4.79 Å². The molecule has 24 heavy (non-hydrogen) atoms. The highest BCUT2D eigenvalue weighted by atomic mass is 16.7. The Morgan fingerprint density at radius 1 is 1.33 bits per heavy atom. The first-order valence-electron chi connectivity index (χ1n) is 9.12. The molecule has 0 aromatic carbocycles. The third kappa shape index (κ3) is 1.65. The summed E-state index contributed by atoms with van der Waals surface area (Å²) in [6.45, 7) is 6.52. The molecule has 3 heterocycles. The van der Waals surface area contributed by atoms with Crippen LogP contribution in [-0.4, -0.2) is 12.3 Å². The Morgan fingerprint density at radius 3 is 3.00 bits per heavy atom. The molecule has 1 aromatic heterocycles. The molecule has 4 nitrogen and oxygen atoms in total. The minimum absolute atomic E-state index is 0.0630. The van der Waals surface area contributed by atoms with E-state index in [1.807, 2.05) is 6.07 Å². The normalized spacial score (nSPS) is 47.0. The quantitative estimate of drug-likeness (QED) is 0.567. The first-order valence-corrected chi connectivity index (χ1v) is 9.12. The van der Waals surface area contributed by atoms with Crippen molar-refractivity contribution in [1.29, 1.82) is 0 Å². The van der Waals surface area contributed by atoms with E-state index in [4.69, 9.17) is 13.9 Å². The zero-order chi connectivity index (χ0) is 16.5. The largest absolute Gasteiger partial charge is 0.472 e. The fourth-order valence-electron chi connectivity index (χ4n) is 6.26. The van der Waals surface area contributed by atoms with Crippen molar-refractivity contribution >= 4 is 5.97 Å². The van der Waals surface area contributed by atoms with Crippen LogP contribution in [0.15, 0.2) is 35.2 Å². The van der Waals surface area contributed by atoms with Gasteiger partial charge in [-0.05, 0) is 56.9 Å². The second-order valence-electron chi connectivity index (χ2n) is 8.34. The van der Waals surface area contributed by atoms with Gasteiger partial charge < -0.3 is 13.9 Å². The highest BCUT2D eigenvalue weighted by Crippen LogP contribution is 2.69. The van der Waals surface area contributed by atoms with Crippen LogP contribution in [0.4, 0.5) is 0 Å². The van der Waals surface area contributed by atoms with Crippen molar-refractivity contribution in [2.24, 2.45) is 22.7 Å². The Labute approximate surface area is 142 Å². The van der Waals surface area contributed by atoms with E-state index in [0.717, 1.165) is 44.1 Å². The Hall–Kier alpha value is -1.55. The van der Waals surface area contributed by atoms with E-state index in [1.54, 1.807) is 12.5 Å². The molecule has 128 valence electrons. The van der Waals surface area contributed by atoms with Crippen LogP contribution in [0, 0.1) is 22.7 Å². The molecule has 4 heteroatoms. The number of hydrogen-bond acceptors (Lipinski definition) is 4. The molecule has 2 bridgehead atoms. The number of rotatable bonds is 1. The Bertz CT molecular complexity index is 693. The van der Waals surface area contributed by atoms with Crippen LogP contribution in [0.2, 0.25) is 0 Å². The van der Waals surface area contributed by atoms with E-state index in [0.29, 0.717) is 11.8 Å². The van der Waals surface area contributed by atoms with E-state index in [1.165, 1.54) is 5.57 Å². The summed E-state index contributed by atoms with van der Waals surface area (Å²) in [5.74, 6) is 0.653. The molecular formula is C20H24O4. The highest BCUT2D eigenvalue weighted by molar-refractivity contribution is 5.78. The fourth-order valence-corrected chi connectivity index (χ4v) is 6.26. The number of esters is 1. The third-order valence-electron chi connectivity index (χ3n) is 7.39. The molecular weight excluding hydrogens is 304 g/mol. The Kier molecular flexibility index (Phi) is 2.92. The first kappa shape index (κ1) is 14.8. The van der Waals surface area contributed by atoms with Crippen LogP contribution >= 0.6 is 0 Å². The summed E-state index contributed by atoms with van der Waals surface area (Å²) >= 11 is 0. The maximum atomic E-state index is 12.8. The number of hydrogen-bond donors (Lipinski definition) is 0. The SMILES string of the molecule is C=C1CC[C@@H]2[C@@]34CCC[C@]2(C)C(=O)O[C@@H]3O[C@H](c2ccoc2)C[C@@H]14. The molecule has 2 aliphatic heterocycles. The van der Waals surface area contributed by atoms with Crippen molar-refractivity contribution < 1.29 is 18.7 Å². The molecule has 5 rings (SSSR count). The smallest absolute Gasteiger partial charge is 0.314 e. The molecule has 0 amide bonds. The van der Waals surface area contributed by atoms with Gasteiger partial charge in [-0.3, -0.25) is 4.79 Å². The van der Waals surface area contributed by atoms with Gasteiger partial charge in [0.15, 0.2) is 0 Å². The summed E-state index contributed by atoms with van der Waals surface area (Å²) in [5.41, 5.74) is 1.92. The average molecular weight is 328 g/mol. The van der Waals surface area contributed by atoms with Gasteiger partial charge in [0.2, 0.25) is 6.29 Å². The number of allylic oxidation sites excluding steroid dienone is 1. The predicted molar refractivity (Wildman–Crippen MR) is 86.8 cm³/mol. The van der Waals surface area contributed by atoms with E-state index in [2.05, 4.69) is 13.5 Å². The maximum Gasteiger partial charge on any atom is 0.314 e. The van der Waals surface area contributed by atoms with Gasteiger partial charge in [-0.2, -0.15) is 0 Å². The maximum absolute atomic E-state index is 12.8. The van der Waals surface area contributed by atoms with Crippen LogP contribution < -0.4 is 0 Å². The summed E-state index contributed by atoms with van der Waals surface area (Å²) in [6.07, 6.45) is 8.94. The van der Waals surface area contributed by atoms with Crippen LogP contribution in [0.1, 0.15) is 57.1 Å². The lowest BCUT2D eigenvalue weighted by Gasteiger charge is -2.66. The lowest BCUT2D eigenvalue weighted by atomic mass is 9.44. The van der Waals surface area contributed by atoms with Crippen LogP contribution in [0.25, 0.3) is 0 Å². The van der Waals surface area contributed by atoms with Gasteiger partial charge in [0, 0.05) is 11.0 Å².